The summed E-state index contributed by atoms with van der Waals surface area (Å²) < 4.78 is 5.80. The van der Waals surface area contributed by atoms with Crippen LogP contribution in [0, 0.1) is 5.41 Å². The van der Waals surface area contributed by atoms with Crippen LogP contribution in [-0.2, 0) is 9.53 Å². The first-order valence-corrected chi connectivity index (χ1v) is 6.42. The molecule has 76 valence electrons. The molecule has 0 bridgehead atoms. The van der Waals surface area contributed by atoms with E-state index in [4.69, 9.17) is 4.74 Å². The average Bonchev–Trinajstić information content (AvgIpc) is 2.42. The topological polar surface area (TPSA) is 26.3 Å². The summed E-state index contributed by atoms with van der Waals surface area (Å²) in [4.78, 5) is 11.6. The minimum atomic E-state index is -0.161. The van der Waals surface area contributed by atoms with Crippen LogP contribution in [0.5, 0.6) is 0 Å². The monoisotopic (exact) mass is 296 g/mol. The molecule has 0 heterocycles. The van der Waals surface area contributed by atoms with E-state index in [1.165, 1.54) is 32.8 Å². The predicted octanol–water partition coefficient (Wildman–Crippen LogP) is 2.94. The highest BCUT2D eigenvalue weighted by molar-refractivity contribution is 14.1. The Hall–Kier alpha value is 0.200. The van der Waals surface area contributed by atoms with Crippen LogP contribution in [0.3, 0.4) is 0 Å². The number of esters is 1. The van der Waals surface area contributed by atoms with E-state index in [0.29, 0.717) is 0 Å². The van der Waals surface area contributed by atoms with Gasteiger partial charge < -0.3 is 4.74 Å². The van der Waals surface area contributed by atoms with Crippen molar-refractivity contribution in [3.63, 3.8) is 0 Å². The van der Waals surface area contributed by atoms with Crippen molar-refractivity contribution in [1.82, 2.24) is 0 Å². The molecule has 0 N–H and O–H groups in total. The number of rotatable bonds is 2. The molecule has 0 aromatic carbocycles. The maximum Gasteiger partial charge on any atom is 0.312 e. The van der Waals surface area contributed by atoms with Gasteiger partial charge in [-0.2, -0.15) is 0 Å². The highest BCUT2D eigenvalue weighted by Gasteiger charge is 2.38. The summed E-state index contributed by atoms with van der Waals surface area (Å²) >= 11 is 2.31. The molecule has 13 heavy (non-hydrogen) atoms. The molecule has 0 amide bonds. The van der Waals surface area contributed by atoms with E-state index in [9.17, 15) is 4.79 Å². The van der Waals surface area contributed by atoms with E-state index >= 15 is 0 Å². The Bertz CT molecular complexity index is 172. The standard InChI is InChI=1S/C10H17IO2/c1-13-9(12)10(8-11)6-4-2-3-5-7-10/h2-8H2,1H3. The lowest BCUT2D eigenvalue weighted by Crippen LogP contribution is -2.33. The number of ether oxygens (including phenoxy) is 1. The van der Waals surface area contributed by atoms with Crippen molar-refractivity contribution in [3.05, 3.63) is 0 Å². The second kappa shape index (κ2) is 5.17. The molecule has 1 fully saturated rings. The lowest BCUT2D eigenvalue weighted by atomic mass is 9.83. The summed E-state index contributed by atoms with van der Waals surface area (Å²) in [5.74, 6) is 0.00352. The number of carbonyl (C=O) groups excluding carboxylic acids is 1. The molecule has 0 spiro atoms. The van der Waals surface area contributed by atoms with Crippen molar-refractivity contribution in [2.24, 2.45) is 5.41 Å². The van der Waals surface area contributed by atoms with E-state index < -0.39 is 0 Å². The van der Waals surface area contributed by atoms with Crippen LogP contribution in [0.4, 0.5) is 0 Å². The van der Waals surface area contributed by atoms with Crippen LogP contribution in [0.2, 0.25) is 0 Å². The molecule has 0 saturated heterocycles. The summed E-state index contributed by atoms with van der Waals surface area (Å²) in [5, 5.41) is 0. The van der Waals surface area contributed by atoms with Crippen LogP contribution in [0.1, 0.15) is 38.5 Å². The highest BCUT2D eigenvalue weighted by Crippen LogP contribution is 2.37. The molecule has 0 atom stereocenters. The largest absolute Gasteiger partial charge is 0.469 e. The number of carbonyl (C=O) groups is 1. The maximum atomic E-state index is 11.6. The first-order chi connectivity index (χ1) is 6.25. The van der Waals surface area contributed by atoms with Gasteiger partial charge in [-0.05, 0) is 12.8 Å². The van der Waals surface area contributed by atoms with Crippen LogP contribution >= 0.6 is 22.6 Å². The van der Waals surface area contributed by atoms with Crippen LogP contribution in [0.25, 0.3) is 0 Å². The first-order valence-electron chi connectivity index (χ1n) is 4.89. The molecule has 1 aliphatic carbocycles. The molecular weight excluding hydrogens is 279 g/mol. The van der Waals surface area contributed by atoms with Crippen LogP contribution < -0.4 is 0 Å². The normalized spacial score (nSPS) is 22.0. The van der Waals surface area contributed by atoms with E-state index in [1.54, 1.807) is 0 Å². The Morgan fingerprint density at radius 2 is 1.85 bits per heavy atom. The molecule has 0 radical (unpaired) electrons. The molecule has 1 aliphatic rings. The lowest BCUT2D eigenvalue weighted by Gasteiger charge is -2.27. The van der Waals surface area contributed by atoms with Crippen LogP contribution in [0.15, 0.2) is 0 Å². The third kappa shape index (κ3) is 2.58. The second-order valence-corrected chi connectivity index (χ2v) is 4.58. The molecule has 1 rings (SSSR count). The van der Waals surface area contributed by atoms with E-state index in [0.717, 1.165) is 17.3 Å². The van der Waals surface area contributed by atoms with Crippen molar-refractivity contribution >= 4 is 28.6 Å². The first kappa shape index (κ1) is 11.3. The van der Waals surface area contributed by atoms with Crippen molar-refractivity contribution in [1.29, 1.82) is 0 Å². The lowest BCUT2D eigenvalue weighted by molar-refractivity contribution is -0.152. The number of methoxy groups -OCH3 is 1. The molecule has 0 aliphatic heterocycles. The van der Waals surface area contributed by atoms with Gasteiger partial charge >= 0.3 is 5.97 Å². The van der Waals surface area contributed by atoms with Gasteiger partial charge in [-0.25, -0.2) is 0 Å². The Morgan fingerprint density at radius 3 is 2.23 bits per heavy atom. The smallest absolute Gasteiger partial charge is 0.312 e. The van der Waals surface area contributed by atoms with Gasteiger partial charge in [0.1, 0.15) is 0 Å². The van der Waals surface area contributed by atoms with Crippen molar-refractivity contribution in [2.45, 2.75) is 38.5 Å². The molecule has 0 aromatic rings. The Balaban J connectivity index is 2.70. The Labute approximate surface area is 93.6 Å². The SMILES string of the molecule is COC(=O)C1(CI)CCCCCC1. The zero-order valence-electron chi connectivity index (χ0n) is 8.14. The highest BCUT2D eigenvalue weighted by atomic mass is 127. The van der Waals surface area contributed by atoms with Crippen LogP contribution in [-0.4, -0.2) is 17.5 Å². The van der Waals surface area contributed by atoms with Gasteiger partial charge in [0.2, 0.25) is 0 Å². The minimum absolute atomic E-state index is 0.00352. The minimum Gasteiger partial charge on any atom is -0.469 e. The molecule has 0 unspecified atom stereocenters. The fourth-order valence-electron chi connectivity index (χ4n) is 2.01. The van der Waals surface area contributed by atoms with Crippen molar-refractivity contribution in [2.75, 3.05) is 11.5 Å². The molecule has 1 saturated carbocycles. The van der Waals surface area contributed by atoms with Gasteiger partial charge in [-0.3, -0.25) is 4.79 Å². The number of hydrogen-bond acceptors (Lipinski definition) is 2. The average molecular weight is 296 g/mol. The van der Waals surface area contributed by atoms with Gasteiger partial charge in [0.05, 0.1) is 12.5 Å². The summed E-state index contributed by atoms with van der Waals surface area (Å²) in [6.45, 7) is 0. The molecular formula is C10H17IO2. The van der Waals surface area contributed by atoms with E-state index in [-0.39, 0.29) is 11.4 Å². The van der Waals surface area contributed by atoms with Crippen molar-refractivity contribution < 1.29 is 9.53 Å². The maximum absolute atomic E-state index is 11.6. The van der Waals surface area contributed by atoms with E-state index in [2.05, 4.69) is 22.6 Å². The number of hydrogen-bond donors (Lipinski definition) is 0. The zero-order chi connectivity index (χ0) is 9.73. The number of alkyl halides is 1. The molecule has 0 aromatic heterocycles. The van der Waals surface area contributed by atoms with Gasteiger partial charge in [-0.15, -0.1) is 0 Å². The third-order valence-corrected chi connectivity index (χ3v) is 4.40. The molecule has 3 heteroatoms. The Kier molecular flexibility index (Phi) is 4.49. The summed E-state index contributed by atoms with van der Waals surface area (Å²) in [6.07, 6.45) is 6.94. The van der Waals surface area contributed by atoms with Gasteiger partial charge in [0, 0.05) is 4.43 Å². The fraction of sp³-hybridized carbons (Fsp3) is 0.900. The molecule has 2 nitrogen and oxygen atoms in total. The summed E-state index contributed by atoms with van der Waals surface area (Å²) in [6, 6.07) is 0. The van der Waals surface area contributed by atoms with Gasteiger partial charge in [0.25, 0.3) is 0 Å². The summed E-state index contributed by atoms with van der Waals surface area (Å²) in [7, 11) is 1.50. The predicted molar refractivity (Wildman–Crippen MR) is 61.0 cm³/mol. The zero-order valence-corrected chi connectivity index (χ0v) is 10.3. The second-order valence-electron chi connectivity index (χ2n) is 3.82. The fourth-order valence-corrected chi connectivity index (χ4v) is 3.09. The summed E-state index contributed by atoms with van der Waals surface area (Å²) in [5.41, 5.74) is -0.161. The van der Waals surface area contributed by atoms with Gasteiger partial charge in [-0.1, -0.05) is 48.3 Å². The van der Waals surface area contributed by atoms with Gasteiger partial charge in [0.15, 0.2) is 0 Å². The van der Waals surface area contributed by atoms with E-state index in [1.807, 2.05) is 0 Å². The Morgan fingerprint density at radius 1 is 1.31 bits per heavy atom. The van der Waals surface area contributed by atoms with Crippen molar-refractivity contribution in [3.8, 4) is 0 Å². The third-order valence-electron chi connectivity index (χ3n) is 2.93. The quantitative estimate of drug-likeness (QED) is 0.339. The number of halogens is 1.